The van der Waals surface area contributed by atoms with Crippen molar-refractivity contribution < 1.29 is 0 Å². The topological polar surface area (TPSA) is 30.2 Å². The van der Waals surface area contributed by atoms with E-state index in [2.05, 4.69) is 43.9 Å². The largest absolute Gasteiger partial charge is 0.284 e. The van der Waals surface area contributed by atoms with Crippen LogP contribution in [0.5, 0.6) is 0 Å². The Bertz CT molecular complexity index is 473. The van der Waals surface area contributed by atoms with Crippen LogP contribution in [0.2, 0.25) is 0 Å². The van der Waals surface area contributed by atoms with Gasteiger partial charge in [-0.15, -0.1) is 0 Å². The van der Waals surface area contributed by atoms with Crippen LogP contribution in [-0.4, -0.2) is 14.4 Å². The summed E-state index contributed by atoms with van der Waals surface area (Å²) in [4.78, 5) is 8.84. The molecule has 0 saturated carbocycles. The zero-order valence-electron chi connectivity index (χ0n) is 7.80. The van der Waals surface area contributed by atoms with Gasteiger partial charge in [0, 0.05) is 11.8 Å². The first-order valence-electron chi connectivity index (χ1n) is 4.08. The monoisotopic (exact) mass is 287 g/mol. The lowest BCUT2D eigenvalue weighted by molar-refractivity contribution is 0.933. The molecule has 0 aromatic carbocycles. The van der Waals surface area contributed by atoms with Crippen molar-refractivity contribution in [2.24, 2.45) is 0 Å². The van der Waals surface area contributed by atoms with Crippen LogP contribution in [0.4, 0.5) is 0 Å². The van der Waals surface area contributed by atoms with E-state index in [1.807, 2.05) is 19.9 Å². The van der Waals surface area contributed by atoms with E-state index < -0.39 is 0 Å². The fraction of sp³-hybridized carbons (Fsp3) is 0.333. The van der Waals surface area contributed by atoms with Crippen LogP contribution in [0.1, 0.15) is 17.2 Å². The van der Waals surface area contributed by atoms with Gasteiger partial charge in [-0.3, -0.25) is 4.40 Å². The Kier molecular flexibility index (Phi) is 2.02. The summed E-state index contributed by atoms with van der Waals surface area (Å²) in [5, 5.41) is 0. The van der Waals surface area contributed by atoms with Crippen LogP contribution < -0.4 is 0 Å². The SMILES string of the molecule is Cc1cc2nc(I)c(C)n2c(C)n1. The molecule has 0 atom stereocenters. The number of fused-ring (bicyclic) bond motifs is 1. The van der Waals surface area contributed by atoms with E-state index in [-0.39, 0.29) is 0 Å². The van der Waals surface area contributed by atoms with Crippen LogP contribution in [0.15, 0.2) is 6.07 Å². The van der Waals surface area contributed by atoms with Gasteiger partial charge in [-0.1, -0.05) is 0 Å². The zero-order valence-corrected chi connectivity index (χ0v) is 9.95. The van der Waals surface area contributed by atoms with Crippen molar-refractivity contribution >= 4 is 28.2 Å². The van der Waals surface area contributed by atoms with Gasteiger partial charge in [0.1, 0.15) is 15.2 Å². The van der Waals surface area contributed by atoms with E-state index in [1.54, 1.807) is 0 Å². The predicted molar refractivity (Wildman–Crippen MR) is 59.9 cm³/mol. The van der Waals surface area contributed by atoms with Crippen molar-refractivity contribution in [3.05, 3.63) is 27.0 Å². The summed E-state index contributed by atoms with van der Waals surface area (Å²) in [6.45, 7) is 6.06. The lowest BCUT2D eigenvalue weighted by Gasteiger charge is -2.01. The van der Waals surface area contributed by atoms with Crippen molar-refractivity contribution in [2.75, 3.05) is 0 Å². The molecule has 0 bridgehead atoms. The third-order valence-electron chi connectivity index (χ3n) is 2.08. The summed E-state index contributed by atoms with van der Waals surface area (Å²) in [5.41, 5.74) is 3.18. The highest BCUT2D eigenvalue weighted by atomic mass is 127. The van der Waals surface area contributed by atoms with E-state index in [4.69, 9.17) is 0 Å². The maximum Gasteiger partial charge on any atom is 0.141 e. The second kappa shape index (κ2) is 2.94. The third-order valence-corrected chi connectivity index (χ3v) is 3.10. The van der Waals surface area contributed by atoms with Crippen LogP contribution in [0, 0.1) is 24.5 Å². The Morgan fingerprint density at radius 2 is 1.92 bits per heavy atom. The van der Waals surface area contributed by atoms with Crippen LogP contribution in [0.25, 0.3) is 5.65 Å². The summed E-state index contributed by atoms with van der Waals surface area (Å²) in [6.07, 6.45) is 0. The second-order valence-corrected chi connectivity index (χ2v) is 4.15. The Hall–Kier alpha value is -0.650. The maximum atomic E-state index is 4.44. The summed E-state index contributed by atoms with van der Waals surface area (Å²) in [7, 11) is 0. The van der Waals surface area contributed by atoms with Crippen LogP contribution in [0.3, 0.4) is 0 Å². The minimum Gasteiger partial charge on any atom is -0.284 e. The van der Waals surface area contributed by atoms with Crippen molar-refractivity contribution in [3.63, 3.8) is 0 Å². The molecule has 68 valence electrons. The van der Waals surface area contributed by atoms with Gasteiger partial charge in [-0.25, -0.2) is 9.97 Å². The quantitative estimate of drug-likeness (QED) is 0.696. The van der Waals surface area contributed by atoms with Crippen molar-refractivity contribution in [1.82, 2.24) is 14.4 Å². The first-order valence-corrected chi connectivity index (χ1v) is 5.16. The second-order valence-electron chi connectivity index (χ2n) is 3.13. The van der Waals surface area contributed by atoms with Crippen LogP contribution in [-0.2, 0) is 0 Å². The molecule has 0 spiro atoms. The average Bonchev–Trinajstić information content (AvgIpc) is 2.27. The lowest BCUT2D eigenvalue weighted by Crippen LogP contribution is -1.98. The Labute approximate surface area is 90.3 Å². The summed E-state index contributed by atoms with van der Waals surface area (Å²) in [6, 6.07) is 2.00. The van der Waals surface area contributed by atoms with Gasteiger partial charge < -0.3 is 0 Å². The molecule has 0 amide bonds. The minimum atomic E-state index is 0.993. The van der Waals surface area contributed by atoms with Gasteiger partial charge in [0.2, 0.25) is 0 Å². The molecule has 4 heteroatoms. The van der Waals surface area contributed by atoms with Gasteiger partial charge in [0.15, 0.2) is 0 Å². The Morgan fingerprint density at radius 3 is 2.62 bits per heavy atom. The van der Waals surface area contributed by atoms with Crippen molar-refractivity contribution in [3.8, 4) is 0 Å². The molecule has 13 heavy (non-hydrogen) atoms. The molecule has 2 aromatic heterocycles. The van der Waals surface area contributed by atoms with E-state index in [9.17, 15) is 0 Å². The fourth-order valence-corrected chi connectivity index (χ4v) is 2.01. The van der Waals surface area contributed by atoms with Gasteiger partial charge in [-0.05, 0) is 43.4 Å². The van der Waals surface area contributed by atoms with Gasteiger partial charge in [0.05, 0.1) is 5.69 Å². The predicted octanol–water partition coefficient (Wildman–Crippen LogP) is 2.26. The normalized spacial score (nSPS) is 11.1. The number of halogens is 1. The lowest BCUT2D eigenvalue weighted by atomic mass is 10.4. The number of rotatable bonds is 0. The molecule has 2 aromatic rings. The van der Waals surface area contributed by atoms with E-state index in [1.165, 1.54) is 5.69 Å². The standard InChI is InChI=1S/C9H10IN3/c1-5-4-8-12-9(10)6(2)13(8)7(3)11-5/h4H,1-3H3. The first-order chi connectivity index (χ1) is 6.09. The van der Waals surface area contributed by atoms with Crippen molar-refractivity contribution in [1.29, 1.82) is 0 Å². The molecule has 0 unspecified atom stereocenters. The summed E-state index contributed by atoms with van der Waals surface area (Å²) < 4.78 is 3.13. The van der Waals surface area contributed by atoms with E-state index >= 15 is 0 Å². The van der Waals surface area contributed by atoms with Crippen molar-refractivity contribution in [2.45, 2.75) is 20.8 Å². The first kappa shape index (κ1) is 8.93. The molecule has 0 aliphatic heterocycles. The molecule has 0 radical (unpaired) electrons. The maximum absolute atomic E-state index is 4.44. The molecular weight excluding hydrogens is 277 g/mol. The highest BCUT2D eigenvalue weighted by molar-refractivity contribution is 14.1. The van der Waals surface area contributed by atoms with E-state index in [0.29, 0.717) is 0 Å². The van der Waals surface area contributed by atoms with E-state index in [0.717, 1.165) is 20.9 Å². The molecular formula is C9H10IN3. The molecule has 0 fully saturated rings. The molecule has 3 nitrogen and oxygen atoms in total. The fourth-order valence-electron chi connectivity index (χ4n) is 1.53. The minimum absolute atomic E-state index is 0.993. The highest BCUT2D eigenvalue weighted by Crippen LogP contribution is 2.15. The molecule has 0 saturated heterocycles. The van der Waals surface area contributed by atoms with Gasteiger partial charge in [-0.2, -0.15) is 0 Å². The van der Waals surface area contributed by atoms with Gasteiger partial charge >= 0.3 is 0 Å². The molecule has 2 heterocycles. The van der Waals surface area contributed by atoms with Gasteiger partial charge in [0.25, 0.3) is 0 Å². The number of hydrogen-bond acceptors (Lipinski definition) is 2. The summed E-state index contributed by atoms with van der Waals surface area (Å²) >= 11 is 2.25. The number of hydrogen-bond donors (Lipinski definition) is 0. The number of aryl methyl sites for hydroxylation is 3. The summed E-state index contributed by atoms with van der Waals surface area (Å²) in [5.74, 6) is 1.00. The highest BCUT2D eigenvalue weighted by Gasteiger charge is 2.07. The third kappa shape index (κ3) is 1.33. The Balaban J connectivity index is 2.94. The molecule has 2 rings (SSSR count). The Morgan fingerprint density at radius 1 is 1.23 bits per heavy atom. The number of imidazole rings is 1. The number of aromatic nitrogens is 3. The smallest absolute Gasteiger partial charge is 0.141 e. The molecule has 0 N–H and O–H groups in total. The molecule has 0 aliphatic rings. The van der Waals surface area contributed by atoms with Crippen LogP contribution >= 0.6 is 22.6 Å². The molecule has 0 aliphatic carbocycles. The number of nitrogens with zero attached hydrogens (tertiary/aromatic N) is 3. The zero-order chi connectivity index (χ0) is 9.59. The average molecular weight is 287 g/mol.